The van der Waals surface area contributed by atoms with Crippen molar-refractivity contribution in [2.24, 2.45) is 0 Å². The van der Waals surface area contributed by atoms with E-state index in [1.807, 2.05) is 12.1 Å². The molecule has 0 atom stereocenters. The maximum absolute atomic E-state index is 13.5. The first-order valence-electron chi connectivity index (χ1n) is 5.22. The molecule has 88 valence electrons. The largest absolute Gasteiger partial charge is 0.481 e. The fraction of sp³-hybridized carbons (Fsp3) is 0.154. The molecule has 0 fully saturated rings. The zero-order chi connectivity index (χ0) is 12.3. The van der Waals surface area contributed by atoms with Crippen LogP contribution in [0, 0.1) is 5.82 Å². The van der Waals surface area contributed by atoms with E-state index in [-0.39, 0.29) is 12.2 Å². The normalized spacial score (nSPS) is 10.4. The zero-order valence-corrected chi connectivity index (χ0v) is 9.84. The molecule has 0 amide bonds. The number of hydrogen-bond acceptors (Lipinski definition) is 2. The highest BCUT2D eigenvalue weighted by Crippen LogP contribution is 2.30. The molecule has 0 spiro atoms. The molecule has 2 rings (SSSR count). The predicted molar refractivity (Wildman–Crippen MR) is 65.7 cm³/mol. The van der Waals surface area contributed by atoms with Crippen molar-refractivity contribution in [1.82, 2.24) is 0 Å². The number of carboxylic acid groups (broad SMARTS) is 1. The zero-order valence-electron chi connectivity index (χ0n) is 9.02. The van der Waals surface area contributed by atoms with Crippen molar-refractivity contribution < 1.29 is 14.3 Å². The van der Waals surface area contributed by atoms with Crippen molar-refractivity contribution in [1.29, 1.82) is 0 Å². The Morgan fingerprint density at radius 2 is 2.00 bits per heavy atom. The summed E-state index contributed by atoms with van der Waals surface area (Å²) in [4.78, 5) is 12.2. The Kier molecular flexibility index (Phi) is 3.54. The molecule has 0 radical (unpaired) electrons. The van der Waals surface area contributed by atoms with Gasteiger partial charge in [0, 0.05) is 15.3 Å². The molecule has 2 aromatic rings. The summed E-state index contributed by atoms with van der Waals surface area (Å²) in [5.74, 6) is -1.06. The number of hydrogen-bond donors (Lipinski definition) is 1. The van der Waals surface area contributed by atoms with Crippen molar-refractivity contribution >= 4 is 17.3 Å². The van der Waals surface area contributed by atoms with Gasteiger partial charge in [0.25, 0.3) is 0 Å². The van der Waals surface area contributed by atoms with E-state index in [1.165, 1.54) is 17.4 Å². The average molecular weight is 250 g/mol. The molecule has 0 bridgehead atoms. The standard InChI is InChI=1S/C13H11FO2S/c14-11-4-2-1-3-10(11)12-7-5-9(17-12)6-8-13(15)16/h1-5,7H,6,8H2,(H,15,16). The van der Waals surface area contributed by atoms with Crippen molar-refractivity contribution in [3.8, 4) is 10.4 Å². The van der Waals surface area contributed by atoms with Gasteiger partial charge in [0.2, 0.25) is 0 Å². The monoisotopic (exact) mass is 250 g/mol. The lowest BCUT2D eigenvalue weighted by atomic mass is 10.2. The molecule has 1 N–H and O–H groups in total. The SMILES string of the molecule is O=C(O)CCc1ccc(-c2ccccc2F)s1. The summed E-state index contributed by atoms with van der Waals surface area (Å²) >= 11 is 1.44. The van der Waals surface area contributed by atoms with Crippen LogP contribution in [0.25, 0.3) is 10.4 Å². The van der Waals surface area contributed by atoms with E-state index in [1.54, 1.807) is 18.2 Å². The number of aryl methyl sites for hydroxylation is 1. The fourth-order valence-corrected chi connectivity index (χ4v) is 2.58. The van der Waals surface area contributed by atoms with Crippen molar-refractivity contribution in [3.63, 3.8) is 0 Å². The van der Waals surface area contributed by atoms with Gasteiger partial charge in [-0.15, -0.1) is 11.3 Å². The highest BCUT2D eigenvalue weighted by Gasteiger charge is 2.08. The van der Waals surface area contributed by atoms with Gasteiger partial charge in [0.1, 0.15) is 5.82 Å². The summed E-state index contributed by atoms with van der Waals surface area (Å²) in [6.07, 6.45) is 0.603. The third kappa shape index (κ3) is 2.91. The first-order chi connectivity index (χ1) is 8.16. The van der Waals surface area contributed by atoms with E-state index < -0.39 is 5.97 Å². The van der Waals surface area contributed by atoms with Gasteiger partial charge in [-0.3, -0.25) is 4.79 Å². The van der Waals surface area contributed by atoms with Gasteiger partial charge < -0.3 is 5.11 Å². The molecule has 1 heterocycles. The van der Waals surface area contributed by atoms with E-state index in [0.29, 0.717) is 12.0 Å². The lowest BCUT2D eigenvalue weighted by Crippen LogP contribution is -1.95. The Morgan fingerprint density at radius 1 is 1.24 bits per heavy atom. The van der Waals surface area contributed by atoms with Crippen molar-refractivity contribution in [3.05, 3.63) is 47.1 Å². The van der Waals surface area contributed by atoms with Crippen LogP contribution in [0.1, 0.15) is 11.3 Å². The Hall–Kier alpha value is -1.68. The smallest absolute Gasteiger partial charge is 0.303 e. The van der Waals surface area contributed by atoms with Gasteiger partial charge in [-0.05, 0) is 24.6 Å². The summed E-state index contributed by atoms with van der Waals surface area (Å²) in [5.41, 5.74) is 0.569. The highest BCUT2D eigenvalue weighted by atomic mass is 32.1. The topological polar surface area (TPSA) is 37.3 Å². The van der Waals surface area contributed by atoms with Gasteiger partial charge >= 0.3 is 5.97 Å². The second-order valence-corrected chi connectivity index (χ2v) is 4.81. The van der Waals surface area contributed by atoms with Crippen LogP contribution in [0.5, 0.6) is 0 Å². The third-order valence-electron chi connectivity index (χ3n) is 2.39. The van der Waals surface area contributed by atoms with E-state index in [0.717, 1.165) is 9.75 Å². The Bertz CT molecular complexity index is 534. The Labute approximate surface area is 102 Å². The highest BCUT2D eigenvalue weighted by molar-refractivity contribution is 7.15. The lowest BCUT2D eigenvalue weighted by molar-refractivity contribution is -0.136. The number of aliphatic carboxylic acids is 1. The van der Waals surface area contributed by atoms with Gasteiger partial charge in [0.05, 0.1) is 6.42 Å². The average Bonchev–Trinajstić information content (AvgIpc) is 2.75. The van der Waals surface area contributed by atoms with E-state index in [2.05, 4.69) is 0 Å². The molecule has 17 heavy (non-hydrogen) atoms. The van der Waals surface area contributed by atoms with Crippen LogP contribution in [-0.4, -0.2) is 11.1 Å². The predicted octanol–water partition coefficient (Wildman–Crippen LogP) is 3.57. The maximum atomic E-state index is 13.5. The van der Waals surface area contributed by atoms with Crippen LogP contribution in [0.3, 0.4) is 0 Å². The minimum absolute atomic E-state index is 0.108. The molecule has 0 unspecified atom stereocenters. The van der Waals surface area contributed by atoms with Crippen LogP contribution < -0.4 is 0 Å². The molecule has 1 aromatic carbocycles. The van der Waals surface area contributed by atoms with Gasteiger partial charge in [0.15, 0.2) is 0 Å². The molecular weight excluding hydrogens is 239 g/mol. The number of carbonyl (C=O) groups is 1. The number of rotatable bonds is 4. The van der Waals surface area contributed by atoms with Crippen LogP contribution >= 0.6 is 11.3 Å². The van der Waals surface area contributed by atoms with Gasteiger partial charge in [-0.2, -0.15) is 0 Å². The number of benzene rings is 1. The van der Waals surface area contributed by atoms with Crippen LogP contribution in [0.4, 0.5) is 4.39 Å². The van der Waals surface area contributed by atoms with Gasteiger partial charge in [-0.25, -0.2) is 4.39 Å². The molecule has 0 saturated heterocycles. The minimum atomic E-state index is -0.814. The van der Waals surface area contributed by atoms with Crippen molar-refractivity contribution in [2.45, 2.75) is 12.8 Å². The number of thiophene rings is 1. The summed E-state index contributed by atoms with van der Waals surface area (Å²) in [6.45, 7) is 0. The summed E-state index contributed by atoms with van der Waals surface area (Å²) in [5, 5.41) is 8.59. The van der Waals surface area contributed by atoms with Crippen LogP contribution in [0.2, 0.25) is 0 Å². The van der Waals surface area contributed by atoms with Crippen molar-refractivity contribution in [2.75, 3.05) is 0 Å². The molecule has 0 aliphatic carbocycles. The second-order valence-electron chi connectivity index (χ2n) is 3.64. The first kappa shape index (κ1) is 11.8. The molecule has 2 nitrogen and oxygen atoms in total. The summed E-state index contributed by atoms with van der Waals surface area (Å²) in [6, 6.07) is 10.3. The number of carboxylic acids is 1. The van der Waals surface area contributed by atoms with Crippen LogP contribution in [-0.2, 0) is 11.2 Å². The van der Waals surface area contributed by atoms with Crippen LogP contribution in [0.15, 0.2) is 36.4 Å². The molecule has 1 aromatic heterocycles. The van der Waals surface area contributed by atoms with E-state index >= 15 is 0 Å². The molecular formula is C13H11FO2S. The quantitative estimate of drug-likeness (QED) is 0.900. The fourth-order valence-electron chi connectivity index (χ4n) is 1.55. The number of halogens is 1. The molecule has 0 aliphatic rings. The third-order valence-corrected chi connectivity index (χ3v) is 3.56. The Balaban J connectivity index is 2.18. The Morgan fingerprint density at radius 3 is 2.71 bits per heavy atom. The summed E-state index contributed by atoms with van der Waals surface area (Å²) in [7, 11) is 0. The van der Waals surface area contributed by atoms with E-state index in [4.69, 9.17) is 5.11 Å². The lowest BCUT2D eigenvalue weighted by Gasteiger charge is -1.98. The summed E-state index contributed by atoms with van der Waals surface area (Å²) < 4.78 is 13.5. The van der Waals surface area contributed by atoms with Gasteiger partial charge in [-0.1, -0.05) is 18.2 Å². The molecule has 4 heteroatoms. The van der Waals surface area contributed by atoms with E-state index in [9.17, 15) is 9.18 Å². The first-order valence-corrected chi connectivity index (χ1v) is 6.04. The maximum Gasteiger partial charge on any atom is 0.303 e. The molecule has 0 saturated carbocycles. The second kappa shape index (κ2) is 5.10. The molecule has 0 aliphatic heterocycles. The minimum Gasteiger partial charge on any atom is -0.481 e.